The molecule has 1 aliphatic heterocycles. The van der Waals surface area contributed by atoms with Crippen molar-refractivity contribution in [3.8, 4) is 0 Å². The number of fused-ring (bicyclic) bond motifs is 1. The van der Waals surface area contributed by atoms with Gasteiger partial charge in [-0.3, -0.25) is 4.79 Å². The third-order valence-electron chi connectivity index (χ3n) is 4.02. The topological polar surface area (TPSA) is 32.3 Å². The summed E-state index contributed by atoms with van der Waals surface area (Å²) in [4.78, 5) is 16.9. The van der Waals surface area contributed by atoms with Gasteiger partial charge in [-0.25, -0.2) is 0 Å². The molecule has 0 saturated carbocycles. The maximum atomic E-state index is 12.4. The Balaban J connectivity index is 0.00000133. The zero-order valence-corrected chi connectivity index (χ0v) is 12.9. The van der Waals surface area contributed by atoms with Crippen molar-refractivity contribution in [1.29, 1.82) is 0 Å². The number of rotatable bonds is 3. The predicted molar refractivity (Wildman–Crippen MR) is 81.5 cm³/mol. The highest BCUT2D eigenvalue weighted by Crippen LogP contribution is 2.32. The average molecular weight is 301 g/mol. The molecule has 1 aromatic rings. The summed E-state index contributed by atoms with van der Waals surface area (Å²) in [7, 11) is 1.98. The fraction of sp³-hybridized carbons (Fsp3) is 0.643. The van der Waals surface area contributed by atoms with E-state index in [0.29, 0.717) is 5.92 Å². The van der Waals surface area contributed by atoms with E-state index in [2.05, 4.69) is 11.4 Å². The summed E-state index contributed by atoms with van der Waals surface area (Å²) in [5.74, 6) is 0.888. The summed E-state index contributed by atoms with van der Waals surface area (Å²) in [5, 5.41) is 3.21. The van der Waals surface area contributed by atoms with E-state index in [9.17, 15) is 4.79 Å². The van der Waals surface area contributed by atoms with E-state index >= 15 is 0 Å². The Bertz CT molecular complexity index is 439. The second-order valence-corrected chi connectivity index (χ2v) is 6.51. The van der Waals surface area contributed by atoms with Crippen molar-refractivity contribution in [3.05, 3.63) is 21.4 Å². The summed E-state index contributed by atoms with van der Waals surface area (Å²) in [5.41, 5.74) is 1.43. The molecule has 19 heavy (non-hydrogen) atoms. The number of nitrogens with zero attached hydrogens (tertiary/aromatic N) is 1. The monoisotopic (exact) mass is 300 g/mol. The van der Waals surface area contributed by atoms with Gasteiger partial charge in [-0.1, -0.05) is 0 Å². The van der Waals surface area contributed by atoms with Crippen LogP contribution < -0.4 is 5.32 Å². The van der Waals surface area contributed by atoms with Crippen molar-refractivity contribution in [1.82, 2.24) is 10.2 Å². The number of hydrogen-bond donors (Lipinski definition) is 1. The molecule has 1 amide bonds. The molecule has 1 N–H and O–H groups in total. The Hall–Kier alpha value is -0.580. The largest absolute Gasteiger partial charge is 0.338 e. The van der Waals surface area contributed by atoms with Crippen LogP contribution in [-0.2, 0) is 12.8 Å². The van der Waals surface area contributed by atoms with Gasteiger partial charge in [0.25, 0.3) is 5.91 Å². The minimum absolute atomic E-state index is 0. The first-order valence-electron chi connectivity index (χ1n) is 6.83. The Morgan fingerprint density at radius 3 is 3.11 bits per heavy atom. The van der Waals surface area contributed by atoms with E-state index in [0.717, 1.165) is 30.9 Å². The lowest BCUT2D eigenvalue weighted by molar-refractivity contribution is 0.0792. The van der Waals surface area contributed by atoms with Crippen LogP contribution in [0.3, 0.4) is 0 Å². The molecular formula is C14H21ClN2OS. The standard InChI is InChI=1S/C14H20N2OS.ClH/c1-15-8-10-5-6-16(9-10)14(17)13-7-11-3-2-4-12(11)18-13;/h7,10,15H,2-6,8-9H2,1H3;1H. The zero-order valence-electron chi connectivity index (χ0n) is 11.3. The maximum absolute atomic E-state index is 12.4. The number of likely N-dealkylation sites (tertiary alicyclic amines) is 1. The van der Waals surface area contributed by atoms with Gasteiger partial charge in [-0.05, 0) is 56.8 Å². The smallest absolute Gasteiger partial charge is 0.263 e. The van der Waals surface area contributed by atoms with Crippen molar-refractivity contribution in [2.45, 2.75) is 25.7 Å². The molecule has 0 aromatic carbocycles. The molecule has 106 valence electrons. The van der Waals surface area contributed by atoms with Crippen LogP contribution in [0, 0.1) is 5.92 Å². The van der Waals surface area contributed by atoms with Crippen LogP contribution in [0.2, 0.25) is 0 Å². The third kappa shape index (κ3) is 2.96. The summed E-state index contributed by atoms with van der Waals surface area (Å²) in [6.07, 6.45) is 4.75. The normalized spacial score (nSPS) is 21.3. The Labute approximate surface area is 124 Å². The van der Waals surface area contributed by atoms with Gasteiger partial charge in [0.15, 0.2) is 0 Å². The Morgan fingerprint density at radius 1 is 1.53 bits per heavy atom. The van der Waals surface area contributed by atoms with E-state index in [-0.39, 0.29) is 18.3 Å². The number of thiophene rings is 1. The van der Waals surface area contributed by atoms with Gasteiger partial charge in [0.1, 0.15) is 0 Å². The van der Waals surface area contributed by atoms with Gasteiger partial charge < -0.3 is 10.2 Å². The molecule has 3 nitrogen and oxygen atoms in total. The third-order valence-corrected chi connectivity index (χ3v) is 5.25. The highest BCUT2D eigenvalue weighted by molar-refractivity contribution is 7.14. The van der Waals surface area contributed by atoms with Crippen LogP contribution in [0.15, 0.2) is 6.07 Å². The molecule has 1 fully saturated rings. The Kier molecular flexibility index (Phi) is 4.87. The highest BCUT2D eigenvalue weighted by Gasteiger charge is 2.28. The molecule has 1 aromatic heterocycles. The molecule has 0 bridgehead atoms. The van der Waals surface area contributed by atoms with Crippen molar-refractivity contribution < 1.29 is 4.79 Å². The molecule has 1 unspecified atom stereocenters. The van der Waals surface area contributed by atoms with Crippen molar-refractivity contribution in [2.75, 3.05) is 26.7 Å². The average Bonchev–Trinajstić information content (AvgIpc) is 3.02. The fourth-order valence-electron chi connectivity index (χ4n) is 3.06. The number of aryl methyl sites for hydroxylation is 2. The van der Waals surface area contributed by atoms with E-state index in [4.69, 9.17) is 0 Å². The highest BCUT2D eigenvalue weighted by atomic mass is 35.5. The van der Waals surface area contributed by atoms with Gasteiger partial charge in [-0.2, -0.15) is 0 Å². The lowest BCUT2D eigenvalue weighted by Crippen LogP contribution is -2.29. The first-order chi connectivity index (χ1) is 8.78. The molecule has 1 aliphatic carbocycles. The SMILES string of the molecule is CNCC1CCN(C(=O)c2cc3c(s2)CCC3)C1.Cl. The van der Waals surface area contributed by atoms with Gasteiger partial charge in [0.2, 0.25) is 0 Å². The van der Waals surface area contributed by atoms with E-state index in [1.807, 2.05) is 11.9 Å². The second kappa shape index (κ2) is 6.25. The Morgan fingerprint density at radius 2 is 2.37 bits per heavy atom. The van der Waals surface area contributed by atoms with Crippen LogP contribution in [0.4, 0.5) is 0 Å². The zero-order chi connectivity index (χ0) is 12.5. The molecule has 2 aliphatic rings. The molecule has 1 saturated heterocycles. The summed E-state index contributed by atoms with van der Waals surface area (Å²) in [6.45, 7) is 2.86. The number of nitrogens with one attached hydrogen (secondary N) is 1. The van der Waals surface area contributed by atoms with Crippen LogP contribution in [0.1, 0.15) is 33.0 Å². The number of amides is 1. The molecule has 5 heteroatoms. The molecular weight excluding hydrogens is 280 g/mol. The number of hydrogen-bond acceptors (Lipinski definition) is 3. The van der Waals surface area contributed by atoms with Crippen LogP contribution in [-0.4, -0.2) is 37.5 Å². The van der Waals surface area contributed by atoms with E-state index < -0.39 is 0 Å². The van der Waals surface area contributed by atoms with Crippen molar-refractivity contribution in [3.63, 3.8) is 0 Å². The van der Waals surface area contributed by atoms with Crippen molar-refractivity contribution in [2.24, 2.45) is 5.92 Å². The summed E-state index contributed by atoms with van der Waals surface area (Å²) < 4.78 is 0. The fourth-order valence-corrected chi connectivity index (χ4v) is 4.28. The van der Waals surface area contributed by atoms with Gasteiger partial charge in [0.05, 0.1) is 4.88 Å². The maximum Gasteiger partial charge on any atom is 0.263 e. The lowest BCUT2D eigenvalue weighted by Gasteiger charge is -2.15. The van der Waals surface area contributed by atoms with Gasteiger partial charge >= 0.3 is 0 Å². The quantitative estimate of drug-likeness (QED) is 0.929. The molecule has 1 atom stereocenters. The van der Waals surface area contributed by atoms with Crippen LogP contribution >= 0.6 is 23.7 Å². The van der Waals surface area contributed by atoms with E-state index in [1.54, 1.807) is 11.3 Å². The molecule has 3 rings (SSSR count). The molecule has 0 radical (unpaired) electrons. The minimum atomic E-state index is 0. The van der Waals surface area contributed by atoms with Crippen molar-refractivity contribution >= 4 is 29.7 Å². The number of carbonyl (C=O) groups is 1. The lowest BCUT2D eigenvalue weighted by atomic mass is 10.1. The predicted octanol–water partition coefficient (Wildman–Crippen LogP) is 2.34. The van der Waals surface area contributed by atoms with Crippen LogP contribution in [0.25, 0.3) is 0 Å². The van der Waals surface area contributed by atoms with E-state index in [1.165, 1.54) is 29.7 Å². The number of carbonyl (C=O) groups excluding carboxylic acids is 1. The summed E-state index contributed by atoms with van der Waals surface area (Å²) >= 11 is 1.72. The minimum Gasteiger partial charge on any atom is -0.338 e. The molecule has 0 spiro atoms. The van der Waals surface area contributed by atoms with Gasteiger partial charge in [0, 0.05) is 18.0 Å². The number of halogens is 1. The van der Waals surface area contributed by atoms with Crippen LogP contribution in [0.5, 0.6) is 0 Å². The van der Waals surface area contributed by atoms with Gasteiger partial charge in [-0.15, -0.1) is 23.7 Å². The molecule has 2 heterocycles. The first kappa shape index (κ1) is 14.8. The second-order valence-electron chi connectivity index (χ2n) is 5.38. The first-order valence-corrected chi connectivity index (χ1v) is 7.65. The summed E-state index contributed by atoms with van der Waals surface area (Å²) in [6, 6.07) is 2.14.